The van der Waals surface area contributed by atoms with Gasteiger partial charge in [-0.2, -0.15) is 0 Å². The van der Waals surface area contributed by atoms with Crippen LogP contribution in [0.3, 0.4) is 0 Å². The van der Waals surface area contributed by atoms with Crippen molar-refractivity contribution in [3.05, 3.63) is 58.4 Å². The molecule has 2 nitrogen and oxygen atoms in total. The molecule has 20 heavy (non-hydrogen) atoms. The predicted octanol–water partition coefficient (Wildman–Crippen LogP) is 5.40. The van der Waals surface area contributed by atoms with Gasteiger partial charge in [-0.1, -0.05) is 41.6 Å². The summed E-state index contributed by atoms with van der Waals surface area (Å²) < 4.78 is 0.972. The van der Waals surface area contributed by atoms with Gasteiger partial charge >= 0.3 is 5.97 Å². The van der Waals surface area contributed by atoms with E-state index in [1.165, 1.54) is 11.3 Å². The molecule has 0 aliphatic carbocycles. The zero-order valence-corrected chi connectivity index (χ0v) is 12.6. The molecule has 0 spiro atoms. The van der Waals surface area contributed by atoms with Crippen LogP contribution in [0, 0.1) is 0 Å². The van der Waals surface area contributed by atoms with Crippen LogP contribution in [0.4, 0.5) is 0 Å². The summed E-state index contributed by atoms with van der Waals surface area (Å²) in [4.78, 5) is 13.4. The zero-order chi connectivity index (χ0) is 14.1. The quantitative estimate of drug-likeness (QED) is 0.701. The first kappa shape index (κ1) is 13.5. The van der Waals surface area contributed by atoms with Gasteiger partial charge in [-0.15, -0.1) is 11.3 Å². The van der Waals surface area contributed by atoms with Crippen molar-refractivity contribution in [2.75, 3.05) is 0 Å². The number of hydrogen-bond acceptors (Lipinski definition) is 3. The summed E-state index contributed by atoms with van der Waals surface area (Å²) in [5.41, 5.74) is 0. The van der Waals surface area contributed by atoms with Gasteiger partial charge in [-0.25, -0.2) is 4.79 Å². The van der Waals surface area contributed by atoms with E-state index in [1.54, 1.807) is 17.8 Å². The maximum Gasteiger partial charge on any atom is 0.345 e. The average Bonchev–Trinajstić information content (AvgIpc) is 2.86. The molecule has 5 heteroatoms. The standard InChI is InChI=1S/C15H9ClO2S2/c16-10-4-1-2-5-13(10)19-11-6-3-7-12-9(11)8-14(20-12)15(17)18/h1-8H,(H,17,18). The molecule has 3 rings (SSSR count). The normalized spacial score (nSPS) is 10.8. The second-order valence-electron chi connectivity index (χ2n) is 4.12. The molecule has 0 atom stereocenters. The minimum absolute atomic E-state index is 0.354. The highest BCUT2D eigenvalue weighted by Crippen LogP contribution is 2.39. The molecule has 0 amide bonds. The van der Waals surface area contributed by atoms with Crippen molar-refractivity contribution in [2.45, 2.75) is 9.79 Å². The Kier molecular flexibility index (Phi) is 3.70. The van der Waals surface area contributed by atoms with Crippen molar-refractivity contribution in [3.63, 3.8) is 0 Å². The van der Waals surface area contributed by atoms with Crippen molar-refractivity contribution in [1.82, 2.24) is 0 Å². The molecule has 0 aliphatic heterocycles. The minimum atomic E-state index is -0.889. The molecule has 0 fully saturated rings. The third-order valence-electron chi connectivity index (χ3n) is 2.79. The maximum absolute atomic E-state index is 11.1. The summed E-state index contributed by atoms with van der Waals surface area (Å²) in [5.74, 6) is -0.889. The fourth-order valence-electron chi connectivity index (χ4n) is 1.87. The van der Waals surface area contributed by atoms with Crippen LogP contribution in [0.25, 0.3) is 10.1 Å². The first-order valence-electron chi connectivity index (χ1n) is 5.83. The Hall–Kier alpha value is -1.49. The zero-order valence-electron chi connectivity index (χ0n) is 10.2. The molecule has 0 saturated carbocycles. The lowest BCUT2D eigenvalue weighted by atomic mass is 10.2. The predicted molar refractivity (Wildman–Crippen MR) is 84.4 cm³/mol. The lowest BCUT2D eigenvalue weighted by molar-refractivity contribution is 0.0702. The molecule has 2 aromatic carbocycles. The van der Waals surface area contributed by atoms with Gasteiger partial charge in [0.05, 0.1) is 5.02 Å². The number of halogens is 1. The number of hydrogen-bond donors (Lipinski definition) is 1. The Morgan fingerprint density at radius 3 is 2.60 bits per heavy atom. The summed E-state index contributed by atoms with van der Waals surface area (Å²) in [6.45, 7) is 0. The van der Waals surface area contributed by atoms with Gasteiger partial charge in [0.1, 0.15) is 4.88 Å². The Morgan fingerprint density at radius 1 is 1.10 bits per heavy atom. The molecule has 1 N–H and O–H groups in total. The van der Waals surface area contributed by atoms with Crippen molar-refractivity contribution >= 4 is 50.8 Å². The summed E-state index contributed by atoms with van der Waals surface area (Å²) in [6, 6.07) is 15.2. The Bertz CT molecular complexity index is 795. The van der Waals surface area contributed by atoms with E-state index >= 15 is 0 Å². The van der Waals surface area contributed by atoms with E-state index < -0.39 is 5.97 Å². The third kappa shape index (κ3) is 2.54. The smallest absolute Gasteiger partial charge is 0.345 e. The first-order chi connectivity index (χ1) is 9.65. The summed E-state index contributed by atoms with van der Waals surface area (Å²) in [7, 11) is 0. The number of fused-ring (bicyclic) bond motifs is 1. The number of thiophene rings is 1. The van der Waals surface area contributed by atoms with E-state index in [9.17, 15) is 4.79 Å². The highest BCUT2D eigenvalue weighted by molar-refractivity contribution is 7.99. The molecule has 1 aromatic heterocycles. The fraction of sp³-hybridized carbons (Fsp3) is 0. The molecule has 0 bridgehead atoms. The SMILES string of the molecule is O=C(O)c1cc2c(Sc3ccccc3Cl)cccc2s1. The molecule has 3 aromatic rings. The molecule has 0 saturated heterocycles. The maximum atomic E-state index is 11.1. The highest BCUT2D eigenvalue weighted by atomic mass is 35.5. The van der Waals surface area contributed by atoms with E-state index in [2.05, 4.69) is 0 Å². The van der Waals surface area contributed by atoms with Crippen LogP contribution in [0.5, 0.6) is 0 Å². The van der Waals surface area contributed by atoms with E-state index in [1.807, 2.05) is 42.5 Å². The molecule has 1 heterocycles. The topological polar surface area (TPSA) is 37.3 Å². The number of carbonyl (C=O) groups is 1. The van der Waals surface area contributed by atoms with Gasteiger partial charge in [0.2, 0.25) is 0 Å². The van der Waals surface area contributed by atoms with Crippen LogP contribution in [0.2, 0.25) is 5.02 Å². The van der Waals surface area contributed by atoms with Gasteiger partial charge in [-0.05, 0) is 30.3 Å². The third-order valence-corrected chi connectivity index (χ3v) is 5.47. The largest absolute Gasteiger partial charge is 0.477 e. The molecule has 0 radical (unpaired) electrons. The van der Waals surface area contributed by atoms with Crippen molar-refractivity contribution in [3.8, 4) is 0 Å². The van der Waals surface area contributed by atoms with Crippen LogP contribution in [-0.2, 0) is 0 Å². The highest BCUT2D eigenvalue weighted by Gasteiger charge is 2.12. The summed E-state index contributed by atoms with van der Waals surface area (Å²) in [5, 5.41) is 10.7. The molecular formula is C15H9ClO2S2. The Labute approximate surface area is 129 Å². The second-order valence-corrected chi connectivity index (χ2v) is 6.69. The lowest BCUT2D eigenvalue weighted by Gasteiger charge is -2.05. The van der Waals surface area contributed by atoms with Crippen LogP contribution < -0.4 is 0 Å². The fourth-order valence-corrected chi connectivity index (χ4v) is 4.09. The van der Waals surface area contributed by atoms with E-state index in [4.69, 9.17) is 16.7 Å². The Morgan fingerprint density at radius 2 is 1.85 bits per heavy atom. The van der Waals surface area contributed by atoms with Crippen LogP contribution in [0.1, 0.15) is 9.67 Å². The van der Waals surface area contributed by atoms with E-state index in [0.29, 0.717) is 9.90 Å². The second kappa shape index (κ2) is 5.48. The number of carboxylic acids is 1. The van der Waals surface area contributed by atoms with Gasteiger partial charge in [-0.3, -0.25) is 0 Å². The number of carboxylic acid groups (broad SMARTS) is 1. The molecule has 100 valence electrons. The van der Waals surface area contributed by atoms with Crippen LogP contribution in [0.15, 0.2) is 58.3 Å². The van der Waals surface area contributed by atoms with Gasteiger partial charge in [0, 0.05) is 19.9 Å². The first-order valence-corrected chi connectivity index (χ1v) is 7.84. The van der Waals surface area contributed by atoms with Crippen molar-refractivity contribution in [2.24, 2.45) is 0 Å². The Balaban J connectivity index is 2.08. The molecular weight excluding hydrogens is 312 g/mol. The number of aromatic carboxylic acids is 1. The van der Waals surface area contributed by atoms with Crippen molar-refractivity contribution in [1.29, 1.82) is 0 Å². The molecule has 0 unspecified atom stereocenters. The summed E-state index contributed by atoms with van der Waals surface area (Å²) >= 11 is 9.01. The number of benzene rings is 2. The lowest BCUT2D eigenvalue weighted by Crippen LogP contribution is -1.89. The number of rotatable bonds is 3. The molecule has 0 aliphatic rings. The van der Waals surface area contributed by atoms with Gasteiger partial charge < -0.3 is 5.11 Å². The monoisotopic (exact) mass is 320 g/mol. The van der Waals surface area contributed by atoms with E-state index in [-0.39, 0.29) is 0 Å². The van der Waals surface area contributed by atoms with Crippen LogP contribution in [-0.4, -0.2) is 11.1 Å². The van der Waals surface area contributed by atoms with E-state index in [0.717, 1.165) is 19.9 Å². The minimum Gasteiger partial charge on any atom is -0.477 e. The van der Waals surface area contributed by atoms with Crippen molar-refractivity contribution < 1.29 is 9.90 Å². The van der Waals surface area contributed by atoms with Gasteiger partial charge in [0.15, 0.2) is 0 Å². The summed E-state index contributed by atoms with van der Waals surface area (Å²) in [6.07, 6.45) is 0. The van der Waals surface area contributed by atoms with Gasteiger partial charge in [0.25, 0.3) is 0 Å². The van der Waals surface area contributed by atoms with Crippen LogP contribution >= 0.6 is 34.7 Å². The average molecular weight is 321 g/mol.